The molecule has 2 aromatic carbocycles. The Kier molecular flexibility index (Phi) is 5.24. The highest BCUT2D eigenvalue weighted by Gasteiger charge is 2.22. The molecule has 0 fully saturated rings. The fraction of sp³-hybridized carbons (Fsp3) is 0.200. The molecule has 0 radical (unpaired) electrons. The Morgan fingerprint density at radius 3 is 2.32 bits per heavy atom. The van der Waals surface area contributed by atoms with Crippen molar-refractivity contribution in [3.8, 4) is 11.3 Å². The lowest BCUT2D eigenvalue weighted by molar-refractivity contribution is -0.117. The SMILES string of the molecule is CC(Sc1ncc(-c2ccccc2)n1C)C(=O)N(C)c1ccccc1. The average molecular weight is 351 g/mol. The van der Waals surface area contributed by atoms with Crippen LogP contribution in [0.15, 0.2) is 72.0 Å². The summed E-state index contributed by atoms with van der Waals surface area (Å²) in [6.45, 7) is 1.92. The van der Waals surface area contributed by atoms with Gasteiger partial charge in [0.1, 0.15) is 0 Å². The molecule has 1 unspecified atom stereocenters. The third-order valence-electron chi connectivity index (χ3n) is 4.12. The Bertz CT molecular complexity index is 846. The number of carbonyl (C=O) groups excluding carboxylic acids is 1. The first-order chi connectivity index (χ1) is 12.1. The number of amides is 1. The second-order valence-electron chi connectivity index (χ2n) is 5.84. The van der Waals surface area contributed by atoms with E-state index in [1.54, 1.807) is 4.90 Å². The van der Waals surface area contributed by atoms with Gasteiger partial charge in [-0.05, 0) is 24.6 Å². The minimum absolute atomic E-state index is 0.0560. The summed E-state index contributed by atoms with van der Waals surface area (Å²) in [5.74, 6) is 0.0560. The van der Waals surface area contributed by atoms with Gasteiger partial charge in [0.05, 0.1) is 17.1 Å². The van der Waals surface area contributed by atoms with E-state index in [4.69, 9.17) is 0 Å². The molecular weight excluding hydrogens is 330 g/mol. The molecule has 0 saturated heterocycles. The lowest BCUT2D eigenvalue weighted by Crippen LogP contribution is -2.33. The summed E-state index contributed by atoms with van der Waals surface area (Å²) in [5.41, 5.74) is 3.05. The number of rotatable bonds is 5. The monoisotopic (exact) mass is 351 g/mol. The Balaban J connectivity index is 1.74. The van der Waals surface area contributed by atoms with Gasteiger partial charge in [0, 0.05) is 19.8 Å². The van der Waals surface area contributed by atoms with Crippen molar-refractivity contribution >= 4 is 23.4 Å². The number of carbonyl (C=O) groups is 1. The van der Waals surface area contributed by atoms with Crippen LogP contribution in [0.2, 0.25) is 0 Å². The summed E-state index contributed by atoms with van der Waals surface area (Å²) >= 11 is 1.48. The number of thioether (sulfide) groups is 1. The van der Waals surface area contributed by atoms with E-state index in [9.17, 15) is 4.79 Å². The summed E-state index contributed by atoms with van der Waals surface area (Å²) in [6.07, 6.45) is 1.86. The van der Waals surface area contributed by atoms with Crippen LogP contribution >= 0.6 is 11.8 Å². The lowest BCUT2D eigenvalue weighted by Gasteiger charge is -2.21. The maximum absolute atomic E-state index is 12.7. The highest BCUT2D eigenvalue weighted by molar-refractivity contribution is 8.00. The minimum Gasteiger partial charge on any atom is -0.322 e. The number of nitrogens with zero attached hydrogens (tertiary/aromatic N) is 3. The number of aromatic nitrogens is 2. The molecule has 0 aliphatic carbocycles. The van der Waals surface area contributed by atoms with Crippen LogP contribution in [-0.2, 0) is 11.8 Å². The summed E-state index contributed by atoms with van der Waals surface area (Å²) < 4.78 is 2.03. The van der Waals surface area contributed by atoms with Gasteiger partial charge >= 0.3 is 0 Å². The van der Waals surface area contributed by atoms with E-state index in [2.05, 4.69) is 17.1 Å². The summed E-state index contributed by atoms with van der Waals surface area (Å²) in [4.78, 5) is 18.9. The van der Waals surface area contributed by atoms with Crippen molar-refractivity contribution in [2.45, 2.75) is 17.3 Å². The molecule has 3 aromatic rings. The largest absolute Gasteiger partial charge is 0.322 e. The lowest BCUT2D eigenvalue weighted by atomic mass is 10.2. The van der Waals surface area contributed by atoms with E-state index in [1.165, 1.54) is 11.8 Å². The molecule has 4 nitrogen and oxygen atoms in total. The molecule has 25 heavy (non-hydrogen) atoms. The number of hydrogen-bond donors (Lipinski definition) is 0. The van der Waals surface area contributed by atoms with Gasteiger partial charge in [-0.3, -0.25) is 4.79 Å². The van der Waals surface area contributed by atoms with Crippen LogP contribution in [0.4, 0.5) is 5.69 Å². The molecule has 3 rings (SSSR count). The standard InChI is InChI=1S/C20H21N3OS/c1-15(19(24)22(2)17-12-8-5-9-13-17)25-20-21-14-18(23(20)3)16-10-6-4-7-11-16/h4-15H,1-3H3. The van der Waals surface area contributed by atoms with E-state index in [0.717, 1.165) is 22.1 Å². The number of imidazole rings is 1. The second-order valence-corrected chi connectivity index (χ2v) is 7.15. The van der Waals surface area contributed by atoms with Gasteiger partial charge < -0.3 is 9.47 Å². The molecule has 0 aliphatic heterocycles. The normalized spacial score (nSPS) is 12.0. The summed E-state index contributed by atoms with van der Waals surface area (Å²) in [7, 11) is 3.79. The van der Waals surface area contributed by atoms with E-state index in [-0.39, 0.29) is 11.2 Å². The van der Waals surface area contributed by atoms with Crippen molar-refractivity contribution in [1.82, 2.24) is 9.55 Å². The zero-order valence-corrected chi connectivity index (χ0v) is 15.4. The summed E-state index contributed by atoms with van der Waals surface area (Å²) in [6, 6.07) is 19.8. The van der Waals surface area contributed by atoms with Crippen LogP contribution in [0.5, 0.6) is 0 Å². The van der Waals surface area contributed by atoms with E-state index < -0.39 is 0 Å². The first-order valence-corrected chi connectivity index (χ1v) is 9.02. The van der Waals surface area contributed by atoms with Crippen molar-refractivity contribution in [3.05, 3.63) is 66.9 Å². The van der Waals surface area contributed by atoms with Gasteiger partial charge in [0.2, 0.25) is 5.91 Å². The second kappa shape index (κ2) is 7.57. The molecule has 0 N–H and O–H groups in total. The summed E-state index contributed by atoms with van der Waals surface area (Å²) in [5, 5.41) is 0.607. The molecule has 1 amide bonds. The fourth-order valence-corrected chi connectivity index (χ4v) is 3.58. The molecular formula is C20H21N3OS. The molecule has 1 heterocycles. The maximum atomic E-state index is 12.7. The van der Waals surface area contributed by atoms with Crippen LogP contribution in [-0.4, -0.2) is 27.8 Å². The predicted molar refractivity (Wildman–Crippen MR) is 104 cm³/mol. The van der Waals surface area contributed by atoms with Gasteiger partial charge in [0.15, 0.2) is 5.16 Å². The number of para-hydroxylation sites is 1. The van der Waals surface area contributed by atoms with Gasteiger partial charge in [0.25, 0.3) is 0 Å². The quantitative estimate of drug-likeness (QED) is 0.646. The molecule has 0 aliphatic rings. The molecule has 1 atom stereocenters. The maximum Gasteiger partial charge on any atom is 0.240 e. The van der Waals surface area contributed by atoms with Gasteiger partial charge in [-0.25, -0.2) is 4.98 Å². The van der Waals surface area contributed by atoms with Crippen molar-refractivity contribution in [1.29, 1.82) is 0 Å². The van der Waals surface area contributed by atoms with Crippen LogP contribution in [0.25, 0.3) is 11.3 Å². The zero-order chi connectivity index (χ0) is 17.8. The highest BCUT2D eigenvalue weighted by Crippen LogP contribution is 2.28. The fourth-order valence-electron chi connectivity index (χ4n) is 2.64. The Morgan fingerprint density at radius 2 is 1.68 bits per heavy atom. The Morgan fingerprint density at radius 1 is 1.08 bits per heavy atom. The molecule has 128 valence electrons. The molecule has 0 spiro atoms. The van der Waals surface area contributed by atoms with Gasteiger partial charge in [-0.15, -0.1) is 0 Å². The number of benzene rings is 2. The third kappa shape index (κ3) is 3.77. The van der Waals surface area contributed by atoms with Crippen LogP contribution < -0.4 is 4.90 Å². The van der Waals surface area contributed by atoms with Crippen molar-refractivity contribution in [2.24, 2.45) is 7.05 Å². The van der Waals surface area contributed by atoms with E-state index in [0.29, 0.717) is 0 Å². The number of hydrogen-bond acceptors (Lipinski definition) is 3. The first kappa shape index (κ1) is 17.3. The Hall–Kier alpha value is -2.53. The average Bonchev–Trinajstić information content (AvgIpc) is 3.02. The van der Waals surface area contributed by atoms with E-state index >= 15 is 0 Å². The topological polar surface area (TPSA) is 38.1 Å². The van der Waals surface area contributed by atoms with Crippen LogP contribution in [0.3, 0.4) is 0 Å². The molecule has 0 saturated carbocycles. The van der Waals surface area contributed by atoms with Gasteiger partial charge in [-0.2, -0.15) is 0 Å². The van der Waals surface area contributed by atoms with Crippen molar-refractivity contribution < 1.29 is 4.79 Å². The molecule has 1 aromatic heterocycles. The van der Waals surface area contributed by atoms with Crippen molar-refractivity contribution in [2.75, 3.05) is 11.9 Å². The van der Waals surface area contributed by atoms with Gasteiger partial charge in [-0.1, -0.05) is 60.3 Å². The first-order valence-electron chi connectivity index (χ1n) is 8.14. The molecule has 5 heteroatoms. The predicted octanol–water partition coefficient (Wildman–Crippen LogP) is 4.23. The number of anilines is 1. The van der Waals surface area contributed by atoms with Crippen LogP contribution in [0, 0.1) is 0 Å². The molecule has 0 bridgehead atoms. The van der Waals surface area contributed by atoms with E-state index in [1.807, 2.05) is 80.3 Å². The Labute approximate surface area is 152 Å². The third-order valence-corrected chi connectivity index (χ3v) is 5.26. The van der Waals surface area contributed by atoms with Crippen LogP contribution in [0.1, 0.15) is 6.92 Å². The smallest absolute Gasteiger partial charge is 0.240 e. The minimum atomic E-state index is -0.227. The zero-order valence-electron chi connectivity index (χ0n) is 14.6. The highest BCUT2D eigenvalue weighted by atomic mass is 32.2. The van der Waals surface area contributed by atoms with Crippen molar-refractivity contribution in [3.63, 3.8) is 0 Å².